The first-order valence-corrected chi connectivity index (χ1v) is 12.4. The van der Waals surface area contributed by atoms with Gasteiger partial charge in [-0.3, -0.25) is 0 Å². The lowest BCUT2D eigenvalue weighted by atomic mass is 9.86. The first kappa shape index (κ1) is 24.8. The number of rotatable bonds is 11. The van der Waals surface area contributed by atoms with Crippen LogP contribution in [0.5, 0.6) is 5.75 Å². The van der Waals surface area contributed by atoms with Crippen LogP contribution in [0.3, 0.4) is 0 Å². The maximum atomic E-state index is 10.7. The number of hydrogen-bond acceptors (Lipinski definition) is 4. The van der Waals surface area contributed by atoms with Crippen molar-refractivity contribution in [3.05, 3.63) is 41.5 Å². The van der Waals surface area contributed by atoms with Gasteiger partial charge in [0.15, 0.2) is 0 Å². The Labute approximate surface area is 194 Å². The standard InChI is InChI=1S/C28H41NO3/c1-5-8-12-20(4)24(30)17-16-22-25(31)19-26-27(22)23-15-11-14-21(28(23)32-26)13-9-10-18-29(6-2)7-3/h11,14-17,20,22,24-27,30-31H,6-7,9-10,12-13,18-19H2,1-4H3/t20-,22-,24+,25+,26-,27-/m0/s1. The van der Waals surface area contributed by atoms with Crippen LogP contribution in [0.2, 0.25) is 0 Å². The molecule has 4 nitrogen and oxygen atoms in total. The van der Waals surface area contributed by atoms with E-state index in [0.717, 1.165) is 38.2 Å². The second-order valence-electron chi connectivity index (χ2n) is 9.37. The molecule has 0 bridgehead atoms. The Balaban J connectivity index is 1.66. The van der Waals surface area contributed by atoms with E-state index in [4.69, 9.17) is 4.74 Å². The molecule has 32 heavy (non-hydrogen) atoms. The van der Waals surface area contributed by atoms with Crippen molar-refractivity contribution in [3.63, 3.8) is 0 Å². The number of nitrogens with zero attached hydrogens (tertiary/aromatic N) is 1. The molecule has 1 saturated carbocycles. The SMILES string of the molecule is CC#CC[C@H](C)[C@H](O)C=C[C@@H]1[C@H]2c3cccc(CCCCN(CC)CC)c3O[C@H]2C[C@H]1O. The van der Waals surface area contributed by atoms with Crippen molar-refractivity contribution in [2.24, 2.45) is 11.8 Å². The van der Waals surface area contributed by atoms with Gasteiger partial charge in [0.1, 0.15) is 11.9 Å². The predicted octanol–water partition coefficient (Wildman–Crippen LogP) is 4.54. The second-order valence-corrected chi connectivity index (χ2v) is 9.37. The molecule has 0 unspecified atom stereocenters. The zero-order valence-electron chi connectivity index (χ0n) is 20.3. The number of aryl methyl sites for hydroxylation is 1. The maximum absolute atomic E-state index is 10.7. The predicted molar refractivity (Wildman–Crippen MR) is 131 cm³/mol. The molecule has 6 atom stereocenters. The number of unbranched alkanes of at least 4 members (excludes halogenated alkanes) is 1. The summed E-state index contributed by atoms with van der Waals surface area (Å²) in [6, 6.07) is 6.49. The van der Waals surface area contributed by atoms with Crippen LogP contribution >= 0.6 is 0 Å². The Bertz CT molecular complexity index is 820. The highest BCUT2D eigenvalue weighted by Gasteiger charge is 2.48. The Kier molecular flexibility index (Phi) is 9.22. The molecule has 1 aromatic carbocycles. The Hall–Kier alpha value is -1.80. The lowest BCUT2D eigenvalue weighted by Gasteiger charge is -2.19. The highest BCUT2D eigenvalue weighted by Crippen LogP contribution is 2.52. The number of para-hydroxylation sites is 1. The number of ether oxygens (including phenoxy) is 1. The van der Waals surface area contributed by atoms with Gasteiger partial charge in [-0.25, -0.2) is 0 Å². The third kappa shape index (κ3) is 5.76. The molecule has 0 amide bonds. The molecule has 0 aromatic heterocycles. The molecule has 1 heterocycles. The van der Waals surface area contributed by atoms with Crippen LogP contribution in [0.4, 0.5) is 0 Å². The van der Waals surface area contributed by atoms with E-state index in [1.165, 1.54) is 17.5 Å². The highest BCUT2D eigenvalue weighted by atomic mass is 16.5. The van der Waals surface area contributed by atoms with Crippen molar-refractivity contribution in [3.8, 4) is 17.6 Å². The van der Waals surface area contributed by atoms with Gasteiger partial charge < -0.3 is 19.8 Å². The van der Waals surface area contributed by atoms with Crippen LogP contribution in [0.1, 0.15) is 70.4 Å². The minimum absolute atomic E-state index is 0.0204. The monoisotopic (exact) mass is 439 g/mol. The van der Waals surface area contributed by atoms with Gasteiger partial charge in [0, 0.05) is 30.2 Å². The van der Waals surface area contributed by atoms with E-state index in [2.05, 4.69) is 48.8 Å². The van der Waals surface area contributed by atoms with Gasteiger partial charge in [0.2, 0.25) is 0 Å². The number of benzene rings is 1. The number of aliphatic hydroxyl groups excluding tert-OH is 2. The molecule has 3 rings (SSSR count). The van der Waals surface area contributed by atoms with E-state index < -0.39 is 12.2 Å². The van der Waals surface area contributed by atoms with E-state index in [-0.39, 0.29) is 23.9 Å². The van der Waals surface area contributed by atoms with E-state index in [9.17, 15) is 10.2 Å². The molecule has 176 valence electrons. The second kappa shape index (κ2) is 11.9. The van der Waals surface area contributed by atoms with E-state index in [1.54, 1.807) is 0 Å². The first-order chi connectivity index (χ1) is 15.5. The smallest absolute Gasteiger partial charge is 0.126 e. The molecular formula is C28H41NO3. The topological polar surface area (TPSA) is 52.9 Å². The quantitative estimate of drug-likeness (QED) is 0.302. The summed E-state index contributed by atoms with van der Waals surface area (Å²) in [5.41, 5.74) is 2.52. The van der Waals surface area contributed by atoms with Gasteiger partial charge >= 0.3 is 0 Å². The normalized spacial score (nSPS) is 25.8. The summed E-state index contributed by atoms with van der Waals surface area (Å²) in [6.45, 7) is 11.6. The lowest BCUT2D eigenvalue weighted by molar-refractivity contribution is 0.134. The number of hydrogen-bond donors (Lipinski definition) is 2. The molecule has 2 N–H and O–H groups in total. The summed E-state index contributed by atoms with van der Waals surface area (Å²) >= 11 is 0. The maximum Gasteiger partial charge on any atom is 0.126 e. The van der Waals surface area contributed by atoms with Crippen molar-refractivity contribution in [2.45, 2.75) is 84.0 Å². The number of aliphatic hydroxyl groups is 2. The molecular weight excluding hydrogens is 398 g/mol. The van der Waals surface area contributed by atoms with Crippen molar-refractivity contribution in [1.29, 1.82) is 0 Å². The molecule has 0 radical (unpaired) electrons. The van der Waals surface area contributed by atoms with Crippen LogP contribution in [-0.2, 0) is 6.42 Å². The van der Waals surface area contributed by atoms with E-state index in [1.807, 2.05) is 26.0 Å². The summed E-state index contributed by atoms with van der Waals surface area (Å²) in [7, 11) is 0. The van der Waals surface area contributed by atoms with Crippen molar-refractivity contribution < 1.29 is 14.9 Å². The molecule has 0 saturated heterocycles. The Morgan fingerprint density at radius 3 is 2.75 bits per heavy atom. The fraction of sp³-hybridized carbons (Fsp3) is 0.643. The third-order valence-corrected chi connectivity index (χ3v) is 7.27. The molecule has 1 aliphatic heterocycles. The summed E-state index contributed by atoms with van der Waals surface area (Å²) in [6.07, 6.45) is 7.59. The minimum atomic E-state index is -0.555. The summed E-state index contributed by atoms with van der Waals surface area (Å²) < 4.78 is 6.41. The van der Waals surface area contributed by atoms with Crippen LogP contribution in [-0.4, -0.2) is 53.1 Å². The Morgan fingerprint density at radius 2 is 2.03 bits per heavy atom. The average molecular weight is 440 g/mol. The highest BCUT2D eigenvalue weighted by molar-refractivity contribution is 5.49. The van der Waals surface area contributed by atoms with Crippen LogP contribution < -0.4 is 4.74 Å². The van der Waals surface area contributed by atoms with Gasteiger partial charge in [-0.15, -0.1) is 11.8 Å². The minimum Gasteiger partial charge on any atom is -0.489 e. The summed E-state index contributed by atoms with van der Waals surface area (Å²) in [5, 5.41) is 21.2. The van der Waals surface area contributed by atoms with Gasteiger partial charge in [0.25, 0.3) is 0 Å². The Morgan fingerprint density at radius 1 is 1.25 bits per heavy atom. The van der Waals surface area contributed by atoms with Gasteiger partial charge in [0.05, 0.1) is 12.2 Å². The van der Waals surface area contributed by atoms with Gasteiger partial charge in [-0.2, -0.15) is 0 Å². The summed E-state index contributed by atoms with van der Waals surface area (Å²) in [4.78, 5) is 2.47. The zero-order valence-corrected chi connectivity index (χ0v) is 20.3. The van der Waals surface area contributed by atoms with Gasteiger partial charge in [-0.05, 0) is 57.3 Å². The van der Waals surface area contributed by atoms with E-state index in [0.29, 0.717) is 12.8 Å². The molecule has 1 aromatic rings. The fourth-order valence-corrected chi connectivity index (χ4v) is 5.17. The van der Waals surface area contributed by atoms with Gasteiger partial charge in [-0.1, -0.05) is 51.1 Å². The van der Waals surface area contributed by atoms with Crippen LogP contribution in [0, 0.1) is 23.7 Å². The first-order valence-electron chi connectivity index (χ1n) is 12.4. The molecule has 1 aliphatic carbocycles. The largest absolute Gasteiger partial charge is 0.489 e. The molecule has 2 aliphatic rings. The zero-order chi connectivity index (χ0) is 23.1. The molecule has 1 fully saturated rings. The summed E-state index contributed by atoms with van der Waals surface area (Å²) in [5.74, 6) is 7.17. The molecule has 0 spiro atoms. The number of fused-ring (bicyclic) bond motifs is 3. The fourth-order valence-electron chi connectivity index (χ4n) is 5.17. The lowest BCUT2D eigenvalue weighted by Crippen LogP contribution is -2.23. The van der Waals surface area contributed by atoms with Crippen molar-refractivity contribution >= 4 is 0 Å². The molecule has 4 heteroatoms. The van der Waals surface area contributed by atoms with Crippen LogP contribution in [0.15, 0.2) is 30.4 Å². The van der Waals surface area contributed by atoms with E-state index >= 15 is 0 Å². The average Bonchev–Trinajstić information content (AvgIpc) is 3.30. The van der Waals surface area contributed by atoms with Crippen molar-refractivity contribution in [1.82, 2.24) is 4.90 Å². The third-order valence-electron chi connectivity index (χ3n) is 7.27. The van der Waals surface area contributed by atoms with Crippen LogP contribution in [0.25, 0.3) is 0 Å². The van der Waals surface area contributed by atoms with Crippen molar-refractivity contribution in [2.75, 3.05) is 19.6 Å².